The van der Waals surface area contributed by atoms with Gasteiger partial charge in [-0.15, -0.1) is 0 Å². The molecule has 2 rings (SSSR count). The van der Waals surface area contributed by atoms with Crippen LogP contribution >= 0.6 is 0 Å². The fourth-order valence-electron chi connectivity index (χ4n) is 1.70. The van der Waals surface area contributed by atoms with Crippen LogP contribution in [0, 0.1) is 10.1 Å². The van der Waals surface area contributed by atoms with E-state index in [1.165, 1.54) is 37.6 Å². The number of methoxy groups -OCH3 is 1. The number of allylic oxidation sites excluding steroid dienone is 1. The van der Waals surface area contributed by atoms with Crippen molar-refractivity contribution in [2.75, 3.05) is 7.11 Å². The van der Waals surface area contributed by atoms with Gasteiger partial charge in [0.2, 0.25) is 0 Å². The highest BCUT2D eigenvalue weighted by atomic mass is 16.6. The summed E-state index contributed by atoms with van der Waals surface area (Å²) in [7, 11) is 1.47. The lowest BCUT2D eigenvalue weighted by atomic mass is 10.2. The van der Waals surface area contributed by atoms with E-state index in [9.17, 15) is 14.9 Å². The average molecular weight is 315 g/mol. The Balaban J connectivity index is 1.92. The number of furan rings is 1. The number of hydrogen-bond donors (Lipinski definition) is 1. The number of benzene rings is 1. The van der Waals surface area contributed by atoms with Crippen molar-refractivity contribution in [3.63, 3.8) is 0 Å². The van der Waals surface area contributed by atoms with E-state index in [0.29, 0.717) is 17.1 Å². The van der Waals surface area contributed by atoms with E-state index in [2.05, 4.69) is 10.5 Å². The van der Waals surface area contributed by atoms with Crippen LogP contribution in [0.5, 0.6) is 5.75 Å². The first-order valence-electron chi connectivity index (χ1n) is 6.49. The van der Waals surface area contributed by atoms with Crippen LogP contribution in [0.4, 0.5) is 5.88 Å². The van der Waals surface area contributed by atoms with Gasteiger partial charge in [0.25, 0.3) is 5.91 Å². The van der Waals surface area contributed by atoms with Crippen molar-refractivity contribution >= 4 is 24.1 Å². The van der Waals surface area contributed by atoms with E-state index in [1.807, 2.05) is 0 Å². The third-order valence-electron chi connectivity index (χ3n) is 2.73. The number of nitro groups is 1. The van der Waals surface area contributed by atoms with Crippen LogP contribution in [0.3, 0.4) is 0 Å². The van der Waals surface area contributed by atoms with Crippen molar-refractivity contribution in [3.05, 3.63) is 63.9 Å². The summed E-state index contributed by atoms with van der Waals surface area (Å²) < 4.78 is 10.0. The minimum atomic E-state index is -0.626. The minimum Gasteiger partial charge on any atom is -0.496 e. The van der Waals surface area contributed by atoms with Gasteiger partial charge in [-0.1, -0.05) is 12.1 Å². The second-order valence-corrected chi connectivity index (χ2v) is 4.21. The van der Waals surface area contributed by atoms with Crippen LogP contribution in [0.15, 0.2) is 52.0 Å². The van der Waals surface area contributed by atoms with Crippen molar-refractivity contribution in [1.29, 1.82) is 0 Å². The quantitative estimate of drug-likeness (QED) is 0.501. The molecule has 0 bridgehead atoms. The Morgan fingerprint density at radius 3 is 2.83 bits per heavy atom. The normalized spacial score (nSPS) is 11.0. The van der Waals surface area contributed by atoms with Crippen molar-refractivity contribution in [2.45, 2.75) is 0 Å². The van der Waals surface area contributed by atoms with E-state index < -0.39 is 10.8 Å². The van der Waals surface area contributed by atoms with Gasteiger partial charge in [0.05, 0.1) is 18.7 Å². The van der Waals surface area contributed by atoms with Gasteiger partial charge in [0.15, 0.2) is 0 Å². The fourth-order valence-corrected chi connectivity index (χ4v) is 1.70. The van der Waals surface area contributed by atoms with Crippen molar-refractivity contribution in [2.24, 2.45) is 5.10 Å². The molecule has 0 fully saturated rings. The number of para-hydroxylation sites is 1. The standard InChI is InChI=1S/C15H13N3O5/c1-22-13-7-3-2-6-12(13)15(19)17-16-10-4-5-11-8-9-14(23-11)18(20)21/h2-10H,1H3,(H,17,19)/b5-4+,16-10+. The Hall–Kier alpha value is -3.42. The molecule has 0 aliphatic rings. The molecule has 0 radical (unpaired) electrons. The second-order valence-electron chi connectivity index (χ2n) is 4.21. The summed E-state index contributed by atoms with van der Waals surface area (Å²) in [4.78, 5) is 21.7. The monoisotopic (exact) mass is 315 g/mol. The number of amides is 1. The number of carbonyl (C=O) groups excluding carboxylic acids is 1. The highest BCUT2D eigenvalue weighted by Gasteiger charge is 2.10. The fraction of sp³-hybridized carbons (Fsp3) is 0.0667. The van der Waals surface area contributed by atoms with E-state index in [0.717, 1.165) is 0 Å². The summed E-state index contributed by atoms with van der Waals surface area (Å²) in [5.74, 6) is -0.00959. The zero-order chi connectivity index (χ0) is 16.7. The molecule has 23 heavy (non-hydrogen) atoms. The summed E-state index contributed by atoms with van der Waals surface area (Å²) in [6, 6.07) is 9.45. The number of rotatable bonds is 6. The van der Waals surface area contributed by atoms with Crippen molar-refractivity contribution in [1.82, 2.24) is 5.43 Å². The predicted octanol–water partition coefficient (Wildman–Crippen LogP) is 2.63. The van der Waals surface area contributed by atoms with E-state index in [1.54, 1.807) is 24.3 Å². The van der Waals surface area contributed by atoms with Gasteiger partial charge < -0.3 is 9.15 Å². The first kappa shape index (κ1) is 16.0. The van der Waals surface area contributed by atoms with E-state index >= 15 is 0 Å². The lowest BCUT2D eigenvalue weighted by molar-refractivity contribution is -0.402. The number of nitrogens with one attached hydrogen (secondary N) is 1. The highest BCUT2D eigenvalue weighted by molar-refractivity contribution is 5.97. The molecule has 8 heteroatoms. The maximum Gasteiger partial charge on any atom is 0.433 e. The number of nitrogens with zero attached hydrogens (tertiary/aromatic N) is 2. The van der Waals surface area contributed by atoms with Crippen molar-refractivity contribution in [3.8, 4) is 5.75 Å². The van der Waals surface area contributed by atoms with Gasteiger partial charge in [0, 0.05) is 6.21 Å². The summed E-state index contributed by atoms with van der Waals surface area (Å²) >= 11 is 0. The van der Waals surface area contributed by atoms with Crippen LogP contribution < -0.4 is 10.2 Å². The van der Waals surface area contributed by atoms with Crippen LogP contribution in [-0.4, -0.2) is 24.2 Å². The molecule has 118 valence electrons. The summed E-state index contributed by atoms with van der Waals surface area (Å²) in [6.07, 6.45) is 4.28. The lowest BCUT2D eigenvalue weighted by Gasteiger charge is -2.05. The van der Waals surface area contributed by atoms with Gasteiger partial charge in [-0.25, -0.2) is 5.43 Å². The molecule has 1 N–H and O–H groups in total. The molecule has 0 saturated heterocycles. The summed E-state index contributed by atoms with van der Waals surface area (Å²) in [6.45, 7) is 0. The third kappa shape index (κ3) is 4.27. The first-order valence-corrected chi connectivity index (χ1v) is 6.49. The molecular weight excluding hydrogens is 302 g/mol. The smallest absolute Gasteiger partial charge is 0.433 e. The number of hydrogen-bond acceptors (Lipinski definition) is 6. The average Bonchev–Trinajstić information content (AvgIpc) is 3.03. The van der Waals surface area contributed by atoms with Gasteiger partial charge in [-0.2, -0.15) is 5.10 Å². The Kier molecular flexibility index (Phi) is 5.24. The van der Waals surface area contributed by atoms with Crippen LogP contribution in [0.25, 0.3) is 6.08 Å². The predicted molar refractivity (Wildman–Crippen MR) is 83.3 cm³/mol. The number of carbonyl (C=O) groups is 1. The molecule has 1 aromatic carbocycles. The molecule has 0 aliphatic heterocycles. The molecule has 0 saturated carbocycles. The Bertz CT molecular complexity index is 764. The van der Waals surface area contributed by atoms with Crippen LogP contribution in [0.2, 0.25) is 0 Å². The topological polar surface area (TPSA) is 107 Å². The zero-order valence-corrected chi connectivity index (χ0v) is 12.1. The number of hydrazone groups is 1. The van der Waals surface area contributed by atoms with Gasteiger partial charge >= 0.3 is 5.88 Å². The SMILES string of the molecule is COc1ccccc1C(=O)N/N=C/C=C/c1ccc([N+](=O)[O-])o1. The molecule has 1 aromatic heterocycles. The number of ether oxygens (including phenoxy) is 1. The Labute approximate surface area is 131 Å². The zero-order valence-electron chi connectivity index (χ0n) is 12.1. The summed E-state index contributed by atoms with van der Waals surface area (Å²) in [5.41, 5.74) is 2.70. The molecule has 0 aliphatic carbocycles. The molecule has 1 heterocycles. The molecular formula is C15H13N3O5. The molecule has 1 amide bonds. The second kappa shape index (κ2) is 7.55. The Morgan fingerprint density at radius 1 is 1.35 bits per heavy atom. The molecule has 0 unspecified atom stereocenters. The molecule has 0 atom stereocenters. The van der Waals surface area contributed by atoms with Crippen molar-refractivity contribution < 1.29 is 18.9 Å². The van der Waals surface area contributed by atoms with Gasteiger partial charge in [0.1, 0.15) is 16.4 Å². The molecule has 8 nitrogen and oxygen atoms in total. The largest absolute Gasteiger partial charge is 0.496 e. The van der Waals surface area contributed by atoms with Gasteiger partial charge in [-0.3, -0.25) is 14.9 Å². The minimum absolute atomic E-state index is 0.305. The lowest BCUT2D eigenvalue weighted by Crippen LogP contribution is -2.18. The third-order valence-corrected chi connectivity index (χ3v) is 2.73. The van der Waals surface area contributed by atoms with E-state index in [-0.39, 0.29) is 5.88 Å². The highest BCUT2D eigenvalue weighted by Crippen LogP contribution is 2.17. The maximum atomic E-state index is 11.9. The Morgan fingerprint density at radius 2 is 2.13 bits per heavy atom. The van der Waals surface area contributed by atoms with Crippen LogP contribution in [0.1, 0.15) is 16.1 Å². The summed E-state index contributed by atoms with van der Waals surface area (Å²) in [5, 5.41) is 14.2. The van der Waals surface area contributed by atoms with Gasteiger partial charge in [-0.05, 0) is 30.4 Å². The van der Waals surface area contributed by atoms with Crippen LogP contribution in [-0.2, 0) is 0 Å². The molecule has 0 spiro atoms. The van der Waals surface area contributed by atoms with E-state index in [4.69, 9.17) is 9.15 Å². The maximum absolute atomic E-state index is 11.9. The molecule has 2 aromatic rings. The first-order chi connectivity index (χ1) is 11.1.